The van der Waals surface area contributed by atoms with E-state index in [0.717, 1.165) is 0 Å². The Kier molecular flexibility index (Phi) is 12.1. The van der Waals surface area contributed by atoms with E-state index in [1.165, 1.54) is 31.2 Å². The largest absolute Gasteiger partial charge is 2.00 e. The molecule has 0 amide bonds. The van der Waals surface area contributed by atoms with E-state index < -0.39 is 23.9 Å². The van der Waals surface area contributed by atoms with Crippen molar-refractivity contribution in [3.8, 4) is 0 Å². The summed E-state index contributed by atoms with van der Waals surface area (Å²) in [6.07, 6.45) is -4.46. The van der Waals surface area contributed by atoms with E-state index in [4.69, 9.17) is 30.4 Å². The fourth-order valence-electron chi connectivity index (χ4n) is 1.77. The summed E-state index contributed by atoms with van der Waals surface area (Å²) in [6.45, 7) is 2.54. The molecule has 0 fully saturated rings. The van der Waals surface area contributed by atoms with E-state index in [0.29, 0.717) is 12.1 Å². The third-order valence-corrected chi connectivity index (χ3v) is 3.50. The summed E-state index contributed by atoms with van der Waals surface area (Å²) in [5, 5.41) is 28.5. The Bertz CT molecular complexity index is 842. The molecule has 0 atom stereocenters. The minimum atomic E-state index is -4.46. The van der Waals surface area contributed by atoms with Crippen molar-refractivity contribution in [1.29, 1.82) is 0 Å². The van der Waals surface area contributed by atoms with Gasteiger partial charge in [0.15, 0.2) is 0 Å². The summed E-state index contributed by atoms with van der Waals surface area (Å²) in [7, 11) is 0. The molecule has 0 aliphatic rings. The second-order valence-corrected chi connectivity index (χ2v) is 6.10. The second kappa shape index (κ2) is 13.1. The second-order valence-electron chi connectivity index (χ2n) is 5.33. The van der Waals surface area contributed by atoms with Crippen molar-refractivity contribution in [3.63, 3.8) is 0 Å². The Hall–Kier alpha value is -2.28. The number of hydrogen-bond donors (Lipinski definition) is 3. The smallest absolute Gasteiger partial charge is 0.741 e. The minimum Gasteiger partial charge on any atom is -0.741 e. The van der Waals surface area contributed by atoms with E-state index >= 15 is 0 Å². The molecule has 0 aliphatic heterocycles. The number of aromatic carboxylic acids is 1. The number of halogens is 3. The Morgan fingerprint density at radius 1 is 1.00 bits per heavy atom. The van der Waals surface area contributed by atoms with Gasteiger partial charge in [-0.3, -0.25) is 0 Å². The van der Waals surface area contributed by atoms with Gasteiger partial charge in [-0.15, -0.1) is 5.10 Å². The third kappa shape index (κ3) is 10.5. The molecular formula is C16H17CuF3N6O2S2. The molecule has 167 valence electrons. The molecule has 1 aromatic carbocycles. The van der Waals surface area contributed by atoms with Crippen LogP contribution in [0.5, 0.6) is 0 Å². The van der Waals surface area contributed by atoms with Crippen molar-refractivity contribution in [2.75, 3.05) is 13.1 Å². The van der Waals surface area contributed by atoms with Crippen LogP contribution < -0.4 is 10.6 Å². The van der Waals surface area contributed by atoms with Gasteiger partial charge in [-0.05, 0) is 36.3 Å². The van der Waals surface area contributed by atoms with Gasteiger partial charge in [-0.2, -0.15) is 28.5 Å². The van der Waals surface area contributed by atoms with Gasteiger partial charge >= 0.3 is 29.2 Å². The molecule has 0 unspecified atom stereocenters. The maximum Gasteiger partial charge on any atom is 2.00 e. The quantitative estimate of drug-likeness (QED) is 0.170. The van der Waals surface area contributed by atoms with Gasteiger partial charge in [0.1, 0.15) is 12.3 Å². The fourth-order valence-corrected chi connectivity index (χ4v) is 2.07. The van der Waals surface area contributed by atoms with E-state index in [-0.39, 0.29) is 39.2 Å². The van der Waals surface area contributed by atoms with Crippen LogP contribution in [-0.4, -0.2) is 52.1 Å². The van der Waals surface area contributed by atoms with Crippen molar-refractivity contribution >= 4 is 53.0 Å². The zero-order chi connectivity index (χ0) is 22.0. The number of alkyl halides is 3. The maximum absolute atomic E-state index is 12.3. The van der Waals surface area contributed by atoms with Gasteiger partial charge in [0.2, 0.25) is 0 Å². The Morgan fingerprint density at radius 2 is 1.50 bits per heavy atom. The first-order chi connectivity index (χ1) is 13.5. The van der Waals surface area contributed by atoms with Gasteiger partial charge in [-0.25, -0.2) is 4.79 Å². The van der Waals surface area contributed by atoms with Gasteiger partial charge in [-0.1, -0.05) is 12.1 Å². The number of hydrogen-bond acceptors (Lipinski definition) is 7. The monoisotopic (exact) mass is 509 g/mol. The molecule has 0 aliphatic carbocycles. The molecule has 0 aromatic heterocycles. The van der Waals surface area contributed by atoms with Crippen LogP contribution >= 0.6 is 0 Å². The normalized spacial score (nSPS) is 13.5. The molecule has 0 heterocycles. The van der Waals surface area contributed by atoms with E-state index in [9.17, 15) is 18.0 Å². The summed E-state index contributed by atoms with van der Waals surface area (Å²) >= 11 is 9.66. The molecule has 1 radical (unpaired) electrons. The number of nitrogens with one attached hydrogen (secondary N) is 2. The molecule has 30 heavy (non-hydrogen) atoms. The van der Waals surface area contributed by atoms with Crippen molar-refractivity contribution in [2.45, 2.75) is 20.0 Å². The summed E-state index contributed by atoms with van der Waals surface area (Å²) in [5.41, 5.74) is 0.806. The first kappa shape index (κ1) is 27.7. The molecule has 14 heteroatoms. The van der Waals surface area contributed by atoms with Crippen LogP contribution in [0.3, 0.4) is 0 Å². The average molecular weight is 510 g/mol. The number of carboxylic acids is 1. The molecular weight excluding hydrogens is 493 g/mol. The topological polar surface area (TPSA) is 111 Å². The van der Waals surface area contributed by atoms with Crippen molar-refractivity contribution < 1.29 is 40.1 Å². The molecule has 0 spiro atoms. The Labute approximate surface area is 192 Å². The summed E-state index contributed by atoms with van der Waals surface area (Å²) in [5.74, 6) is -1.12. The number of amidine groups is 2. The summed E-state index contributed by atoms with van der Waals surface area (Å²) in [6, 6.07) is 5.57. The van der Waals surface area contributed by atoms with E-state index in [2.05, 4.69) is 25.7 Å². The van der Waals surface area contributed by atoms with E-state index in [1.54, 1.807) is 0 Å². The first-order valence-electron chi connectivity index (χ1n) is 8.04. The number of carboxylic acid groups (broad SMARTS) is 1. The van der Waals surface area contributed by atoms with Crippen molar-refractivity contribution in [3.05, 3.63) is 35.4 Å². The van der Waals surface area contributed by atoms with Crippen LogP contribution in [0, 0.1) is 0 Å². The van der Waals surface area contributed by atoms with Crippen molar-refractivity contribution in [1.82, 2.24) is 10.6 Å². The molecule has 0 saturated heterocycles. The predicted octanol–water partition coefficient (Wildman–Crippen LogP) is 2.03. The average Bonchev–Trinajstić information content (AvgIpc) is 2.65. The number of nitrogens with zero attached hydrogens (tertiary/aromatic N) is 4. The van der Waals surface area contributed by atoms with Crippen LogP contribution in [0.4, 0.5) is 13.2 Å². The first-order valence-corrected chi connectivity index (χ1v) is 8.85. The molecule has 3 N–H and O–H groups in total. The molecule has 8 nitrogen and oxygen atoms in total. The number of carbonyl (C=O) groups is 1. The fraction of sp³-hybridized carbons (Fsp3) is 0.312. The Morgan fingerprint density at radius 3 is 2.00 bits per heavy atom. The zero-order valence-corrected chi connectivity index (χ0v) is 18.2. The molecule has 0 bridgehead atoms. The van der Waals surface area contributed by atoms with Gasteiger partial charge in [0.05, 0.1) is 11.3 Å². The summed E-state index contributed by atoms with van der Waals surface area (Å²) in [4.78, 5) is 11.0. The Balaban J connectivity index is 0.00000841. The van der Waals surface area contributed by atoms with Crippen molar-refractivity contribution in [2.24, 2.45) is 20.4 Å². The molecule has 1 rings (SSSR count). The van der Waals surface area contributed by atoms with Crippen LogP contribution in [0.15, 0.2) is 44.7 Å². The third-order valence-electron chi connectivity index (χ3n) is 3.05. The standard InChI is InChI=1S/C16H19F3N6O2S2.Cu/c1-3-20-14(28)24-22-9(2)12(10-4-6-11(7-5-10)13(26)27)23-25-15(29)21-8-16(17,18)19;/h4-7H,3,8H2,1-2H3,(H,26,27)(H2,20,24,28)(H2,21,25,29);/q;+2/p-2. The summed E-state index contributed by atoms with van der Waals surface area (Å²) < 4.78 is 36.8. The number of rotatable bonds is 7. The van der Waals surface area contributed by atoms with Crippen LogP contribution in [0.25, 0.3) is 0 Å². The predicted molar refractivity (Wildman–Crippen MR) is 110 cm³/mol. The zero-order valence-electron chi connectivity index (χ0n) is 15.6. The van der Waals surface area contributed by atoms with Gasteiger partial charge in [0.25, 0.3) is 0 Å². The van der Waals surface area contributed by atoms with Crippen LogP contribution in [0.1, 0.15) is 29.8 Å². The van der Waals surface area contributed by atoms with Crippen LogP contribution in [0.2, 0.25) is 0 Å². The molecule has 0 saturated carbocycles. The molecule has 1 aromatic rings. The SMILES string of the molecule is CCNC([S-])=NN=C(C)C(=NN=C([S-])NCC(F)(F)F)c1ccc(C(=O)O)cc1.[Cu+2]. The van der Waals surface area contributed by atoms with Crippen LogP contribution in [-0.2, 0) is 42.3 Å². The van der Waals surface area contributed by atoms with Gasteiger partial charge < -0.3 is 41.0 Å². The maximum atomic E-state index is 12.3. The van der Waals surface area contributed by atoms with E-state index in [1.807, 2.05) is 12.2 Å². The van der Waals surface area contributed by atoms with Gasteiger partial charge in [0, 0.05) is 12.1 Å². The number of benzene rings is 1. The minimum absolute atomic E-state index is 0.